The van der Waals surface area contributed by atoms with Crippen molar-refractivity contribution in [2.75, 3.05) is 11.9 Å². The van der Waals surface area contributed by atoms with Gasteiger partial charge in [0.2, 0.25) is 5.91 Å². The maximum absolute atomic E-state index is 10.9. The summed E-state index contributed by atoms with van der Waals surface area (Å²) in [4.78, 5) is 10.9. The molecule has 0 aliphatic carbocycles. The highest BCUT2D eigenvalue weighted by Crippen LogP contribution is 2.12. The molecule has 0 unspecified atom stereocenters. The second kappa shape index (κ2) is 6.59. The number of carbonyl (C=O) groups is 1. The van der Waals surface area contributed by atoms with Crippen molar-refractivity contribution in [1.29, 1.82) is 0 Å². The average molecular weight is 255 g/mol. The molecule has 0 atom stereocenters. The van der Waals surface area contributed by atoms with Crippen molar-refractivity contribution < 1.29 is 9.53 Å². The molecular weight excluding hydrogens is 238 g/mol. The molecule has 2 rings (SSSR count). The van der Waals surface area contributed by atoms with E-state index in [0.29, 0.717) is 6.61 Å². The maximum Gasteiger partial charge on any atom is 0.221 e. The summed E-state index contributed by atoms with van der Waals surface area (Å²) in [5.41, 5.74) is 2.00. The van der Waals surface area contributed by atoms with Crippen LogP contribution in [0.25, 0.3) is 0 Å². The lowest BCUT2D eigenvalue weighted by atomic mass is 10.1. The number of amides is 1. The highest BCUT2D eigenvalue weighted by molar-refractivity contribution is 5.88. The SMILES string of the molecule is CC(=O)Nc1ccc(CCOc2ccccc2)cc1. The molecule has 3 heteroatoms. The van der Waals surface area contributed by atoms with Gasteiger partial charge in [-0.3, -0.25) is 4.79 Å². The number of ether oxygens (including phenoxy) is 1. The molecule has 0 fully saturated rings. The van der Waals surface area contributed by atoms with Gasteiger partial charge in [-0.1, -0.05) is 30.3 Å². The Hall–Kier alpha value is -2.29. The topological polar surface area (TPSA) is 38.3 Å². The maximum atomic E-state index is 10.9. The summed E-state index contributed by atoms with van der Waals surface area (Å²) in [6, 6.07) is 17.6. The number of benzene rings is 2. The highest BCUT2D eigenvalue weighted by atomic mass is 16.5. The van der Waals surface area contributed by atoms with Crippen LogP contribution in [0.5, 0.6) is 5.75 Å². The molecule has 19 heavy (non-hydrogen) atoms. The van der Waals surface area contributed by atoms with E-state index in [4.69, 9.17) is 4.74 Å². The Balaban J connectivity index is 1.81. The van der Waals surface area contributed by atoms with E-state index < -0.39 is 0 Å². The Labute approximate surface area is 113 Å². The third-order valence-corrected chi connectivity index (χ3v) is 2.68. The van der Waals surface area contributed by atoms with Crippen LogP contribution in [0.3, 0.4) is 0 Å². The van der Waals surface area contributed by atoms with Gasteiger partial charge >= 0.3 is 0 Å². The molecule has 0 aliphatic rings. The third-order valence-electron chi connectivity index (χ3n) is 2.68. The van der Waals surface area contributed by atoms with Gasteiger partial charge in [0.25, 0.3) is 0 Å². The summed E-state index contributed by atoms with van der Waals surface area (Å²) in [6.45, 7) is 2.14. The van der Waals surface area contributed by atoms with Gasteiger partial charge in [-0.05, 0) is 29.8 Å². The molecular formula is C16H17NO2. The predicted octanol–water partition coefficient (Wildman–Crippen LogP) is 3.27. The lowest BCUT2D eigenvalue weighted by Gasteiger charge is -2.07. The van der Waals surface area contributed by atoms with Gasteiger partial charge in [-0.2, -0.15) is 0 Å². The van der Waals surface area contributed by atoms with Gasteiger partial charge in [-0.25, -0.2) is 0 Å². The van der Waals surface area contributed by atoms with E-state index in [1.807, 2.05) is 54.6 Å². The minimum atomic E-state index is -0.0554. The summed E-state index contributed by atoms with van der Waals surface area (Å²) < 4.78 is 5.63. The molecule has 3 nitrogen and oxygen atoms in total. The molecule has 98 valence electrons. The first-order valence-electron chi connectivity index (χ1n) is 6.28. The predicted molar refractivity (Wildman–Crippen MR) is 76.4 cm³/mol. The number of hydrogen-bond acceptors (Lipinski definition) is 2. The minimum absolute atomic E-state index is 0.0554. The van der Waals surface area contributed by atoms with E-state index >= 15 is 0 Å². The molecule has 0 saturated carbocycles. The van der Waals surface area contributed by atoms with E-state index in [1.54, 1.807) is 0 Å². The molecule has 1 N–H and O–H groups in total. The molecule has 2 aromatic carbocycles. The summed E-state index contributed by atoms with van der Waals surface area (Å²) in [5.74, 6) is 0.831. The zero-order valence-corrected chi connectivity index (χ0v) is 10.9. The monoisotopic (exact) mass is 255 g/mol. The number of nitrogens with one attached hydrogen (secondary N) is 1. The van der Waals surface area contributed by atoms with E-state index in [1.165, 1.54) is 12.5 Å². The van der Waals surface area contributed by atoms with Gasteiger partial charge in [0.15, 0.2) is 0 Å². The standard InChI is InChI=1S/C16H17NO2/c1-13(18)17-15-9-7-14(8-10-15)11-12-19-16-5-3-2-4-6-16/h2-10H,11-12H2,1H3,(H,17,18). The second-order valence-corrected chi connectivity index (χ2v) is 4.29. The number of para-hydroxylation sites is 1. The molecule has 0 radical (unpaired) electrons. The van der Waals surface area contributed by atoms with Crippen LogP contribution >= 0.6 is 0 Å². The summed E-state index contributed by atoms with van der Waals surface area (Å²) in [5, 5.41) is 2.74. The van der Waals surface area contributed by atoms with Crippen LogP contribution in [0.1, 0.15) is 12.5 Å². The molecule has 1 amide bonds. The molecule has 0 spiro atoms. The Morgan fingerprint density at radius 2 is 1.74 bits per heavy atom. The van der Waals surface area contributed by atoms with Crippen molar-refractivity contribution in [2.24, 2.45) is 0 Å². The third kappa shape index (κ3) is 4.47. The fourth-order valence-electron chi connectivity index (χ4n) is 1.76. The average Bonchev–Trinajstić information content (AvgIpc) is 2.41. The first-order chi connectivity index (χ1) is 9.24. The van der Waals surface area contributed by atoms with E-state index in [2.05, 4.69) is 5.32 Å². The fraction of sp³-hybridized carbons (Fsp3) is 0.188. The van der Waals surface area contributed by atoms with Gasteiger partial charge < -0.3 is 10.1 Å². The van der Waals surface area contributed by atoms with Crippen molar-refractivity contribution in [3.8, 4) is 5.75 Å². The summed E-state index contributed by atoms with van der Waals surface area (Å²) in [6.07, 6.45) is 0.843. The molecule has 0 aromatic heterocycles. The minimum Gasteiger partial charge on any atom is -0.493 e. The molecule has 0 aliphatic heterocycles. The Morgan fingerprint density at radius 1 is 1.05 bits per heavy atom. The van der Waals surface area contributed by atoms with Crippen LogP contribution in [0.2, 0.25) is 0 Å². The van der Waals surface area contributed by atoms with Crippen LogP contribution < -0.4 is 10.1 Å². The van der Waals surface area contributed by atoms with Gasteiger partial charge in [0, 0.05) is 19.0 Å². The van der Waals surface area contributed by atoms with Crippen molar-refractivity contribution >= 4 is 11.6 Å². The van der Waals surface area contributed by atoms with Gasteiger partial charge in [0.1, 0.15) is 5.75 Å². The van der Waals surface area contributed by atoms with Gasteiger partial charge in [0.05, 0.1) is 6.61 Å². The smallest absolute Gasteiger partial charge is 0.221 e. The first-order valence-corrected chi connectivity index (χ1v) is 6.28. The van der Waals surface area contributed by atoms with Crippen LogP contribution in [-0.4, -0.2) is 12.5 Å². The van der Waals surface area contributed by atoms with Crippen molar-refractivity contribution in [1.82, 2.24) is 0 Å². The van der Waals surface area contributed by atoms with Crippen molar-refractivity contribution in [3.63, 3.8) is 0 Å². The molecule has 2 aromatic rings. The van der Waals surface area contributed by atoms with Crippen LogP contribution in [0.4, 0.5) is 5.69 Å². The zero-order valence-electron chi connectivity index (χ0n) is 10.9. The van der Waals surface area contributed by atoms with Crippen LogP contribution in [0.15, 0.2) is 54.6 Å². The summed E-state index contributed by atoms with van der Waals surface area (Å²) in [7, 11) is 0. The molecule has 0 bridgehead atoms. The highest BCUT2D eigenvalue weighted by Gasteiger charge is 1.97. The number of carbonyl (C=O) groups excluding carboxylic acids is 1. The van der Waals surface area contributed by atoms with Crippen molar-refractivity contribution in [3.05, 3.63) is 60.2 Å². The Kier molecular flexibility index (Phi) is 4.56. The fourth-order valence-corrected chi connectivity index (χ4v) is 1.76. The Morgan fingerprint density at radius 3 is 2.37 bits per heavy atom. The zero-order chi connectivity index (χ0) is 13.5. The van der Waals surface area contributed by atoms with Crippen LogP contribution in [0, 0.1) is 0 Å². The number of rotatable bonds is 5. The molecule has 0 saturated heterocycles. The lowest BCUT2D eigenvalue weighted by molar-refractivity contribution is -0.114. The molecule has 0 heterocycles. The first kappa shape index (κ1) is 13.1. The normalized spacial score (nSPS) is 9.95. The van der Waals surface area contributed by atoms with Gasteiger partial charge in [-0.15, -0.1) is 0 Å². The summed E-state index contributed by atoms with van der Waals surface area (Å²) >= 11 is 0. The largest absolute Gasteiger partial charge is 0.493 e. The second-order valence-electron chi connectivity index (χ2n) is 4.29. The van der Waals surface area contributed by atoms with Crippen molar-refractivity contribution in [2.45, 2.75) is 13.3 Å². The lowest BCUT2D eigenvalue weighted by Crippen LogP contribution is -2.06. The van der Waals surface area contributed by atoms with E-state index in [9.17, 15) is 4.79 Å². The number of anilines is 1. The van der Waals surface area contributed by atoms with Crippen LogP contribution in [-0.2, 0) is 11.2 Å². The Bertz CT molecular complexity index is 520. The van der Waals surface area contributed by atoms with E-state index in [-0.39, 0.29) is 5.91 Å². The van der Waals surface area contributed by atoms with E-state index in [0.717, 1.165) is 17.9 Å². The quantitative estimate of drug-likeness (QED) is 0.890. The number of hydrogen-bond donors (Lipinski definition) is 1.